The van der Waals surface area contributed by atoms with Crippen molar-refractivity contribution in [3.63, 3.8) is 0 Å². The van der Waals surface area contributed by atoms with Gasteiger partial charge in [-0.2, -0.15) is 0 Å². The summed E-state index contributed by atoms with van der Waals surface area (Å²) in [5.41, 5.74) is 7.82. The monoisotopic (exact) mass is 559 g/mol. The number of fused-ring (bicyclic) bond motifs is 1. The third-order valence-corrected chi connectivity index (χ3v) is 9.31. The number of H-pyrrole nitrogens is 1. The van der Waals surface area contributed by atoms with Crippen LogP contribution in [0.15, 0.2) is 90.7 Å². The van der Waals surface area contributed by atoms with E-state index in [1.807, 2.05) is 17.5 Å². The Morgan fingerprint density at radius 1 is 0.976 bits per heavy atom. The number of carbonyl (C=O) groups excluding carboxylic acids is 2. The summed E-state index contributed by atoms with van der Waals surface area (Å²) in [6, 6.07) is 24.5. The molecule has 0 fully saturated rings. The Hall–Kier alpha value is -4.56. The van der Waals surface area contributed by atoms with Gasteiger partial charge in [0.25, 0.3) is 5.91 Å². The number of aromatic nitrogens is 3. The molecule has 8 rings (SSSR count). The van der Waals surface area contributed by atoms with Gasteiger partial charge in [-0.1, -0.05) is 60.7 Å². The molecule has 3 N–H and O–H groups in total. The molecule has 1 unspecified atom stereocenters. The molecule has 3 aliphatic carbocycles. The van der Waals surface area contributed by atoms with Gasteiger partial charge >= 0.3 is 0 Å². The van der Waals surface area contributed by atoms with Gasteiger partial charge in [0.15, 0.2) is 5.13 Å². The second-order valence-electron chi connectivity index (χ2n) is 11.0. The Labute approximate surface area is 242 Å². The van der Waals surface area contributed by atoms with Crippen LogP contribution < -0.4 is 10.6 Å². The fourth-order valence-electron chi connectivity index (χ4n) is 6.52. The zero-order valence-electron chi connectivity index (χ0n) is 22.6. The average molecular weight is 560 g/mol. The van der Waals surface area contributed by atoms with Gasteiger partial charge in [0.1, 0.15) is 0 Å². The summed E-state index contributed by atoms with van der Waals surface area (Å²) in [6.07, 6.45) is 4.84. The van der Waals surface area contributed by atoms with Crippen LogP contribution in [0.2, 0.25) is 0 Å². The Morgan fingerprint density at radius 3 is 2.32 bits per heavy atom. The predicted octanol–water partition coefficient (Wildman–Crippen LogP) is 6.13. The lowest BCUT2D eigenvalue weighted by molar-refractivity contribution is -0.126. The van der Waals surface area contributed by atoms with E-state index in [0.717, 1.165) is 23.4 Å². The fraction of sp³-hybridized carbons (Fsp3) is 0.212. The van der Waals surface area contributed by atoms with Crippen LogP contribution in [0.3, 0.4) is 0 Å². The highest BCUT2D eigenvalue weighted by Crippen LogP contribution is 2.61. The van der Waals surface area contributed by atoms with Gasteiger partial charge in [0.05, 0.1) is 17.4 Å². The van der Waals surface area contributed by atoms with Crippen LogP contribution in [0, 0.1) is 5.41 Å². The van der Waals surface area contributed by atoms with Crippen molar-refractivity contribution in [3.05, 3.63) is 124 Å². The van der Waals surface area contributed by atoms with Crippen LogP contribution in [-0.2, 0) is 11.2 Å². The third kappa shape index (κ3) is 4.44. The van der Waals surface area contributed by atoms with E-state index >= 15 is 0 Å². The molecular formula is C33H29N5O2S. The molecule has 2 amide bonds. The average Bonchev–Trinajstić information content (AvgIpc) is 3.70. The molecule has 0 saturated heterocycles. The molecule has 0 aliphatic heterocycles. The fourth-order valence-corrected chi connectivity index (χ4v) is 7.23. The molecule has 0 spiro atoms. The van der Waals surface area contributed by atoms with E-state index in [1.165, 1.54) is 33.6 Å². The van der Waals surface area contributed by atoms with Crippen LogP contribution in [0.25, 0.3) is 11.3 Å². The summed E-state index contributed by atoms with van der Waals surface area (Å²) in [7, 11) is 0. The smallest absolute Gasteiger partial charge is 0.251 e. The summed E-state index contributed by atoms with van der Waals surface area (Å²) >= 11 is 1.42. The van der Waals surface area contributed by atoms with Gasteiger partial charge < -0.3 is 15.6 Å². The molecule has 5 aromatic rings. The SMILES string of the molecule is CC1(C(=O)Nc2nc(-c3ccc(C(=O)NCCc4cnc[nH]4)cc3)cs2)CC2c3ccccc3C1c1ccccc12. The molecule has 204 valence electrons. The van der Waals surface area contributed by atoms with Crippen molar-refractivity contribution in [3.8, 4) is 11.3 Å². The minimum atomic E-state index is -0.592. The molecule has 0 radical (unpaired) electrons. The van der Waals surface area contributed by atoms with Crippen LogP contribution in [0.1, 0.15) is 63.5 Å². The van der Waals surface area contributed by atoms with Crippen LogP contribution in [0.4, 0.5) is 5.13 Å². The zero-order chi connectivity index (χ0) is 28.0. The Balaban J connectivity index is 1.05. The molecule has 41 heavy (non-hydrogen) atoms. The standard InChI is InChI=1S/C33H29N5O2S/c1-33(16-27-23-6-2-4-8-25(23)29(33)26-9-5-3-7-24(26)27)31(40)38-32-37-28(18-41-32)20-10-12-21(13-11-20)30(39)35-15-14-22-17-34-19-36-22/h2-13,17-19,27,29H,14-16H2,1H3,(H,34,36)(H,35,39)(H,37,38,40). The lowest BCUT2D eigenvalue weighted by Gasteiger charge is -2.50. The normalized spacial score (nSPS) is 20.2. The van der Waals surface area contributed by atoms with Crippen LogP contribution in [-0.4, -0.2) is 33.3 Å². The second-order valence-corrected chi connectivity index (χ2v) is 11.9. The summed E-state index contributed by atoms with van der Waals surface area (Å²) < 4.78 is 0. The van der Waals surface area contributed by atoms with Crippen molar-refractivity contribution < 1.29 is 9.59 Å². The maximum atomic E-state index is 13.9. The molecule has 2 bridgehead atoms. The second kappa shape index (κ2) is 10.1. The van der Waals surface area contributed by atoms with E-state index in [-0.39, 0.29) is 23.7 Å². The molecule has 2 heterocycles. The number of nitrogens with zero attached hydrogens (tertiary/aromatic N) is 2. The summed E-state index contributed by atoms with van der Waals surface area (Å²) in [5, 5.41) is 8.60. The van der Waals surface area contributed by atoms with Gasteiger partial charge in [0.2, 0.25) is 5.91 Å². The molecule has 7 nitrogen and oxygen atoms in total. The molecular weight excluding hydrogens is 530 g/mol. The van der Waals surface area contributed by atoms with Crippen molar-refractivity contribution in [1.29, 1.82) is 0 Å². The first kappa shape index (κ1) is 25.4. The number of aromatic amines is 1. The number of hydrogen-bond donors (Lipinski definition) is 3. The first-order chi connectivity index (χ1) is 20.0. The zero-order valence-corrected chi connectivity index (χ0v) is 23.4. The van der Waals surface area contributed by atoms with E-state index in [4.69, 9.17) is 4.98 Å². The highest BCUT2D eigenvalue weighted by Gasteiger charge is 2.53. The number of imidazole rings is 1. The molecule has 2 aromatic heterocycles. The topological polar surface area (TPSA) is 99.8 Å². The van der Waals surface area contributed by atoms with E-state index in [1.54, 1.807) is 24.7 Å². The van der Waals surface area contributed by atoms with Crippen LogP contribution >= 0.6 is 11.3 Å². The van der Waals surface area contributed by atoms with E-state index in [9.17, 15) is 9.59 Å². The van der Waals surface area contributed by atoms with Crippen molar-refractivity contribution in [1.82, 2.24) is 20.3 Å². The quantitative estimate of drug-likeness (QED) is 0.223. The summed E-state index contributed by atoms with van der Waals surface area (Å²) in [6.45, 7) is 2.62. The lowest BCUT2D eigenvalue weighted by atomic mass is 9.52. The number of rotatable bonds is 7. The highest BCUT2D eigenvalue weighted by atomic mass is 32.1. The van der Waals surface area contributed by atoms with E-state index < -0.39 is 5.41 Å². The predicted molar refractivity (Wildman–Crippen MR) is 160 cm³/mol. The minimum Gasteiger partial charge on any atom is -0.352 e. The number of benzene rings is 3. The molecule has 3 aromatic carbocycles. The first-order valence-corrected chi connectivity index (χ1v) is 14.7. The number of nitrogens with one attached hydrogen (secondary N) is 3. The maximum absolute atomic E-state index is 13.9. The minimum absolute atomic E-state index is 0.000412. The number of amides is 2. The van der Waals surface area contributed by atoms with E-state index in [2.05, 4.69) is 76.1 Å². The number of carbonyl (C=O) groups is 2. The Bertz CT molecular complexity index is 1700. The molecule has 8 heteroatoms. The molecule has 1 atom stereocenters. The number of anilines is 1. The van der Waals surface area contributed by atoms with Gasteiger partial charge in [-0.05, 0) is 47.7 Å². The maximum Gasteiger partial charge on any atom is 0.251 e. The van der Waals surface area contributed by atoms with Gasteiger partial charge in [-0.15, -0.1) is 11.3 Å². The van der Waals surface area contributed by atoms with Crippen molar-refractivity contribution in [2.24, 2.45) is 5.41 Å². The van der Waals surface area contributed by atoms with Crippen LogP contribution in [0.5, 0.6) is 0 Å². The summed E-state index contributed by atoms with van der Waals surface area (Å²) in [5.74, 6) is 0.0775. The molecule has 3 aliphatic rings. The Kier molecular flexibility index (Phi) is 6.27. The van der Waals surface area contributed by atoms with Crippen molar-refractivity contribution in [2.45, 2.75) is 31.6 Å². The summed E-state index contributed by atoms with van der Waals surface area (Å²) in [4.78, 5) is 38.2. The Morgan fingerprint density at radius 2 is 1.66 bits per heavy atom. The van der Waals surface area contributed by atoms with Crippen molar-refractivity contribution in [2.75, 3.05) is 11.9 Å². The third-order valence-electron chi connectivity index (χ3n) is 8.55. The first-order valence-electron chi connectivity index (χ1n) is 13.8. The largest absolute Gasteiger partial charge is 0.352 e. The number of thiazole rings is 1. The highest BCUT2D eigenvalue weighted by molar-refractivity contribution is 7.14. The number of hydrogen-bond acceptors (Lipinski definition) is 5. The lowest BCUT2D eigenvalue weighted by Crippen LogP contribution is -2.47. The van der Waals surface area contributed by atoms with Gasteiger partial charge in [-0.25, -0.2) is 9.97 Å². The van der Waals surface area contributed by atoms with Crippen molar-refractivity contribution >= 4 is 28.3 Å². The van der Waals surface area contributed by atoms with Gasteiger partial charge in [0, 0.05) is 53.2 Å². The van der Waals surface area contributed by atoms with E-state index in [0.29, 0.717) is 23.7 Å². The van der Waals surface area contributed by atoms with Gasteiger partial charge in [-0.3, -0.25) is 9.59 Å². The molecule has 0 saturated carbocycles.